The second kappa shape index (κ2) is 6.64. The van der Waals surface area contributed by atoms with E-state index in [0.717, 1.165) is 36.1 Å². The Balaban J connectivity index is 1.88. The zero-order chi connectivity index (χ0) is 18.3. The fourth-order valence-corrected chi connectivity index (χ4v) is 4.76. The molecule has 0 bridgehead atoms. The minimum absolute atomic E-state index is 0.00942. The normalized spacial score (nSPS) is 15.6. The number of thiophene rings is 1. The van der Waals surface area contributed by atoms with E-state index < -0.39 is 5.91 Å². The van der Waals surface area contributed by atoms with Crippen LogP contribution in [0.4, 0.5) is 0 Å². The third-order valence-corrected chi connectivity index (χ3v) is 6.06. The molecule has 0 unspecified atom stereocenters. The average molecular weight is 372 g/mol. The molecule has 1 fully saturated rings. The SMILES string of the molecule is Cc1c(-c2nc(CC(N)=O)nn2C2CCCCC2)sc2nc[nH]c(=O)c12. The molecule has 4 rings (SSSR count). The number of aryl methyl sites for hydroxylation is 1. The number of aromatic nitrogens is 5. The number of amides is 1. The highest BCUT2D eigenvalue weighted by Crippen LogP contribution is 2.38. The van der Waals surface area contributed by atoms with Crippen molar-refractivity contribution in [2.24, 2.45) is 5.73 Å². The zero-order valence-electron chi connectivity index (χ0n) is 14.5. The molecule has 3 heterocycles. The lowest BCUT2D eigenvalue weighted by Gasteiger charge is -2.23. The van der Waals surface area contributed by atoms with Crippen LogP contribution < -0.4 is 11.3 Å². The van der Waals surface area contributed by atoms with Crippen molar-refractivity contribution in [2.45, 2.75) is 51.5 Å². The van der Waals surface area contributed by atoms with Gasteiger partial charge in [-0.15, -0.1) is 11.3 Å². The lowest BCUT2D eigenvalue weighted by molar-refractivity contribution is -0.117. The standard InChI is InChI=1S/C17H20N6O2S/c1-9-13-16(25)19-8-20-17(13)26-14(9)15-21-12(7-11(18)24)22-23(15)10-5-3-2-4-6-10/h8,10H,2-7H2,1H3,(H2,18,24)(H,19,20,25). The number of nitrogens with zero attached hydrogens (tertiary/aromatic N) is 4. The van der Waals surface area contributed by atoms with Gasteiger partial charge in [-0.05, 0) is 25.3 Å². The number of fused-ring (bicyclic) bond motifs is 1. The Kier molecular flexibility index (Phi) is 4.31. The smallest absolute Gasteiger partial charge is 0.259 e. The predicted octanol–water partition coefficient (Wildman–Crippen LogP) is 2.08. The summed E-state index contributed by atoms with van der Waals surface area (Å²) in [5.74, 6) is 0.674. The molecule has 3 aromatic heterocycles. The predicted molar refractivity (Wildman–Crippen MR) is 99.0 cm³/mol. The largest absolute Gasteiger partial charge is 0.369 e. The number of nitrogens with two attached hydrogens (primary N) is 1. The van der Waals surface area contributed by atoms with Crippen LogP contribution in [0.2, 0.25) is 0 Å². The second-order valence-corrected chi connectivity index (χ2v) is 7.70. The maximum atomic E-state index is 12.2. The first-order valence-corrected chi connectivity index (χ1v) is 9.57. The van der Waals surface area contributed by atoms with Crippen molar-refractivity contribution in [3.05, 3.63) is 28.1 Å². The quantitative estimate of drug-likeness (QED) is 0.726. The van der Waals surface area contributed by atoms with E-state index in [0.29, 0.717) is 21.9 Å². The molecule has 0 aliphatic heterocycles. The van der Waals surface area contributed by atoms with Crippen molar-refractivity contribution in [2.75, 3.05) is 0 Å². The van der Waals surface area contributed by atoms with E-state index in [1.807, 2.05) is 11.6 Å². The van der Waals surface area contributed by atoms with Crippen LogP contribution in [0.25, 0.3) is 20.9 Å². The highest BCUT2D eigenvalue weighted by molar-refractivity contribution is 7.22. The van der Waals surface area contributed by atoms with Crippen LogP contribution in [0, 0.1) is 6.92 Å². The van der Waals surface area contributed by atoms with Crippen molar-refractivity contribution in [1.29, 1.82) is 0 Å². The van der Waals surface area contributed by atoms with Gasteiger partial charge in [-0.1, -0.05) is 19.3 Å². The molecule has 0 radical (unpaired) electrons. The number of hydrogen-bond acceptors (Lipinski definition) is 6. The number of H-pyrrole nitrogens is 1. The number of carbonyl (C=O) groups is 1. The molecule has 0 atom stereocenters. The van der Waals surface area contributed by atoms with Gasteiger partial charge in [0, 0.05) is 0 Å². The maximum Gasteiger partial charge on any atom is 0.259 e. The third-order valence-electron chi connectivity index (χ3n) is 4.86. The van der Waals surface area contributed by atoms with Gasteiger partial charge in [-0.25, -0.2) is 14.6 Å². The van der Waals surface area contributed by atoms with Crippen LogP contribution >= 0.6 is 11.3 Å². The number of hydrogen-bond donors (Lipinski definition) is 2. The topological polar surface area (TPSA) is 120 Å². The molecule has 136 valence electrons. The molecule has 1 saturated carbocycles. The lowest BCUT2D eigenvalue weighted by Crippen LogP contribution is -2.17. The van der Waals surface area contributed by atoms with E-state index in [-0.39, 0.29) is 18.0 Å². The van der Waals surface area contributed by atoms with Gasteiger partial charge in [-0.2, -0.15) is 5.10 Å². The number of rotatable bonds is 4. The van der Waals surface area contributed by atoms with E-state index in [1.165, 1.54) is 24.1 Å². The van der Waals surface area contributed by atoms with Crippen LogP contribution in [0.3, 0.4) is 0 Å². The van der Waals surface area contributed by atoms with E-state index in [1.54, 1.807) is 0 Å². The maximum absolute atomic E-state index is 12.2. The second-order valence-electron chi connectivity index (χ2n) is 6.70. The van der Waals surface area contributed by atoms with E-state index in [4.69, 9.17) is 5.73 Å². The summed E-state index contributed by atoms with van der Waals surface area (Å²) >= 11 is 1.43. The first kappa shape index (κ1) is 16.9. The van der Waals surface area contributed by atoms with Gasteiger partial charge in [0.25, 0.3) is 5.56 Å². The minimum atomic E-state index is -0.455. The lowest BCUT2D eigenvalue weighted by atomic mass is 9.95. The Morgan fingerprint density at radius 3 is 2.85 bits per heavy atom. The summed E-state index contributed by atoms with van der Waals surface area (Å²) in [4.78, 5) is 36.6. The monoisotopic (exact) mass is 372 g/mol. The van der Waals surface area contributed by atoms with Gasteiger partial charge in [-0.3, -0.25) is 9.59 Å². The van der Waals surface area contributed by atoms with Gasteiger partial charge in [0.05, 0.1) is 29.1 Å². The minimum Gasteiger partial charge on any atom is -0.369 e. The van der Waals surface area contributed by atoms with E-state index in [2.05, 4.69) is 20.1 Å². The fourth-order valence-electron chi connectivity index (χ4n) is 3.62. The van der Waals surface area contributed by atoms with Crippen molar-refractivity contribution in [1.82, 2.24) is 24.7 Å². The number of aromatic amines is 1. The number of carbonyl (C=O) groups excluding carboxylic acids is 1. The molecule has 0 saturated heterocycles. The Morgan fingerprint density at radius 1 is 1.38 bits per heavy atom. The molecule has 8 nitrogen and oxygen atoms in total. The molecular weight excluding hydrogens is 352 g/mol. The van der Waals surface area contributed by atoms with Gasteiger partial charge in [0.15, 0.2) is 11.6 Å². The highest BCUT2D eigenvalue weighted by Gasteiger charge is 2.25. The summed E-state index contributed by atoms with van der Waals surface area (Å²) in [7, 11) is 0. The zero-order valence-corrected chi connectivity index (χ0v) is 15.3. The van der Waals surface area contributed by atoms with Crippen LogP contribution in [-0.4, -0.2) is 30.6 Å². The van der Waals surface area contributed by atoms with Crippen LogP contribution in [0.1, 0.15) is 49.5 Å². The average Bonchev–Trinajstić information content (AvgIpc) is 3.17. The summed E-state index contributed by atoms with van der Waals surface area (Å²) < 4.78 is 1.93. The molecule has 3 aromatic rings. The molecule has 0 aromatic carbocycles. The van der Waals surface area contributed by atoms with Gasteiger partial charge in [0.2, 0.25) is 5.91 Å². The molecule has 0 spiro atoms. The fraction of sp³-hybridized carbons (Fsp3) is 0.471. The molecule has 1 aliphatic rings. The van der Waals surface area contributed by atoms with Crippen LogP contribution in [-0.2, 0) is 11.2 Å². The molecule has 26 heavy (non-hydrogen) atoms. The number of primary amides is 1. The van der Waals surface area contributed by atoms with Gasteiger partial charge < -0.3 is 10.7 Å². The van der Waals surface area contributed by atoms with Gasteiger partial charge in [0.1, 0.15) is 4.83 Å². The molecule has 3 N–H and O–H groups in total. The van der Waals surface area contributed by atoms with Crippen LogP contribution in [0.5, 0.6) is 0 Å². The summed E-state index contributed by atoms with van der Waals surface area (Å²) in [6.45, 7) is 1.90. The van der Waals surface area contributed by atoms with E-state index in [9.17, 15) is 9.59 Å². The van der Waals surface area contributed by atoms with Gasteiger partial charge >= 0.3 is 0 Å². The molecule has 1 aliphatic carbocycles. The van der Waals surface area contributed by atoms with Crippen molar-refractivity contribution in [3.8, 4) is 10.7 Å². The molecular formula is C17H20N6O2S. The molecule has 9 heteroatoms. The summed E-state index contributed by atoms with van der Waals surface area (Å²) in [6.07, 6.45) is 7.04. The Hall–Kier alpha value is -2.55. The summed E-state index contributed by atoms with van der Waals surface area (Å²) in [6, 6.07) is 0.253. The highest BCUT2D eigenvalue weighted by atomic mass is 32.1. The van der Waals surface area contributed by atoms with Crippen molar-refractivity contribution < 1.29 is 4.79 Å². The summed E-state index contributed by atoms with van der Waals surface area (Å²) in [5, 5.41) is 5.17. The first-order chi connectivity index (χ1) is 12.5. The van der Waals surface area contributed by atoms with Crippen molar-refractivity contribution >= 4 is 27.5 Å². The first-order valence-electron chi connectivity index (χ1n) is 8.75. The summed E-state index contributed by atoms with van der Waals surface area (Å²) in [5.41, 5.74) is 6.02. The number of nitrogens with one attached hydrogen (secondary N) is 1. The Morgan fingerprint density at radius 2 is 2.15 bits per heavy atom. The molecule has 1 amide bonds. The van der Waals surface area contributed by atoms with Crippen molar-refractivity contribution in [3.63, 3.8) is 0 Å². The van der Waals surface area contributed by atoms with E-state index >= 15 is 0 Å². The third kappa shape index (κ3) is 2.92. The Bertz CT molecular complexity index is 1030. The van der Waals surface area contributed by atoms with Crippen LogP contribution in [0.15, 0.2) is 11.1 Å². The Labute approximate surface area is 153 Å².